The van der Waals surface area contributed by atoms with Crippen LogP contribution in [-0.4, -0.2) is 17.0 Å². The van der Waals surface area contributed by atoms with Gasteiger partial charge in [-0.05, 0) is 61.7 Å². The first-order valence-electron chi connectivity index (χ1n) is 7.35. The van der Waals surface area contributed by atoms with Crippen molar-refractivity contribution in [3.05, 3.63) is 66.6 Å². The van der Waals surface area contributed by atoms with Gasteiger partial charge in [0.05, 0.1) is 8.95 Å². The molecule has 0 unspecified atom stereocenters. The summed E-state index contributed by atoms with van der Waals surface area (Å²) in [6.07, 6.45) is 1.37. The molecule has 0 aliphatic rings. The van der Waals surface area contributed by atoms with Gasteiger partial charge >= 0.3 is 5.97 Å². The molecular weight excluding hydrogens is 534 g/mol. The smallest absolute Gasteiger partial charge is 0.352 e. The summed E-state index contributed by atoms with van der Waals surface area (Å²) in [5, 5.41) is 11.5. The van der Waals surface area contributed by atoms with Gasteiger partial charge in [-0.1, -0.05) is 34.1 Å². The standard InChI is InChI=1S/C18H14Br3NO4/c1-10(23)22-16(18(24)25)8-11-6-14(20)17(15(21)7-11)26-9-12-4-2-3-5-13(12)19/h2-8H,9H2,1H3,(H,22,23)(H,24,25). The third-order valence-electron chi connectivity index (χ3n) is 3.20. The number of halogens is 3. The number of nitrogens with one attached hydrogen (secondary N) is 1. The van der Waals surface area contributed by atoms with Crippen LogP contribution in [0.4, 0.5) is 0 Å². The average molecular weight is 548 g/mol. The molecule has 0 fully saturated rings. The predicted octanol–water partition coefficient (Wildman–Crippen LogP) is 5.11. The summed E-state index contributed by atoms with van der Waals surface area (Å²) < 4.78 is 8.13. The van der Waals surface area contributed by atoms with Gasteiger partial charge in [0, 0.05) is 17.0 Å². The highest BCUT2D eigenvalue weighted by Gasteiger charge is 2.13. The van der Waals surface area contributed by atoms with Crippen LogP contribution in [0.15, 0.2) is 55.5 Å². The minimum absolute atomic E-state index is 0.210. The van der Waals surface area contributed by atoms with E-state index < -0.39 is 11.9 Å². The Morgan fingerprint density at radius 2 is 1.73 bits per heavy atom. The summed E-state index contributed by atoms with van der Waals surface area (Å²) >= 11 is 10.4. The molecule has 2 aromatic carbocycles. The second kappa shape index (κ2) is 9.34. The van der Waals surface area contributed by atoms with Crippen molar-refractivity contribution >= 4 is 65.7 Å². The second-order valence-electron chi connectivity index (χ2n) is 5.24. The first kappa shape index (κ1) is 20.7. The van der Waals surface area contributed by atoms with Crippen LogP contribution in [0.3, 0.4) is 0 Å². The summed E-state index contributed by atoms with van der Waals surface area (Å²) in [7, 11) is 0. The lowest BCUT2D eigenvalue weighted by molar-refractivity contribution is -0.134. The van der Waals surface area contributed by atoms with Gasteiger partial charge in [-0.3, -0.25) is 4.79 Å². The molecule has 0 spiro atoms. The van der Waals surface area contributed by atoms with Gasteiger partial charge in [0.15, 0.2) is 0 Å². The van der Waals surface area contributed by atoms with Gasteiger partial charge in [-0.25, -0.2) is 4.79 Å². The van der Waals surface area contributed by atoms with E-state index in [9.17, 15) is 14.7 Å². The largest absolute Gasteiger partial charge is 0.486 e. The van der Waals surface area contributed by atoms with Crippen LogP contribution in [0.25, 0.3) is 6.08 Å². The van der Waals surface area contributed by atoms with Gasteiger partial charge in [0.1, 0.15) is 18.1 Å². The first-order valence-corrected chi connectivity index (χ1v) is 9.73. The lowest BCUT2D eigenvalue weighted by atomic mass is 10.2. The molecule has 26 heavy (non-hydrogen) atoms. The van der Waals surface area contributed by atoms with E-state index in [1.165, 1.54) is 13.0 Å². The van der Waals surface area contributed by atoms with Crippen LogP contribution >= 0.6 is 47.8 Å². The van der Waals surface area contributed by atoms with Crippen molar-refractivity contribution in [1.29, 1.82) is 0 Å². The quantitative estimate of drug-likeness (QED) is 0.493. The molecule has 0 aromatic heterocycles. The Kier molecular flexibility index (Phi) is 7.43. The molecule has 2 rings (SSSR count). The maximum atomic E-state index is 11.2. The van der Waals surface area contributed by atoms with Gasteiger partial charge in [0.25, 0.3) is 0 Å². The number of amides is 1. The van der Waals surface area contributed by atoms with Crippen molar-refractivity contribution < 1.29 is 19.4 Å². The summed E-state index contributed by atoms with van der Waals surface area (Å²) in [5.41, 5.74) is 1.37. The first-order chi connectivity index (χ1) is 12.3. The highest BCUT2D eigenvalue weighted by Crippen LogP contribution is 2.36. The number of rotatable bonds is 6. The zero-order valence-electron chi connectivity index (χ0n) is 13.6. The zero-order valence-corrected chi connectivity index (χ0v) is 18.3. The molecule has 2 N–H and O–H groups in total. The molecule has 2 aromatic rings. The van der Waals surface area contributed by atoms with Crippen LogP contribution in [0, 0.1) is 0 Å². The Morgan fingerprint density at radius 3 is 2.27 bits per heavy atom. The van der Waals surface area contributed by atoms with Crippen LogP contribution in [-0.2, 0) is 16.2 Å². The number of aliphatic carboxylic acids is 1. The number of carboxylic acid groups (broad SMARTS) is 1. The SMILES string of the molecule is CC(=O)NC(=Cc1cc(Br)c(OCc2ccccc2Br)c(Br)c1)C(=O)O. The number of carbonyl (C=O) groups is 2. The molecule has 0 atom stereocenters. The van der Waals surface area contributed by atoms with E-state index in [-0.39, 0.29) is 5.70 Å². The molecule has 0 heterocycles. The fraction of sp³-hybridized carbons (Fsp3) is 0.111. The molecule has 0 aliphatic heterocycles. The molecule has 5 nitrogen and oxygen atoms in total. The Hall–Kier alpha value is -1.64. The molecule has 0 radical (unpaired) electrons. The maximum Gasteiger partial charge on any atom is 0.352 e. The summed E-state index contributed by atoms with van der Waals surface area (Å²) in [5.74, 6) is -1.08. The lowest BCUT2D eigenvalue weighted by Gasteiger charge is -2.13. The zero-order chi connectivity index (χ0) is 19.3. The van der Waals surface area contributed by atoms with Crippen LogP contribution in [0.5, 0.6) is 5.75 Å². The van der Waals surface area contributed by atoms with Crippen LogP contribution < -0.4 is 10.1 Å². The molecule has 0 aliphatic carbocycles. The Balaban J connectivity index is 2.26. The number of carboxylic acids is 1. The third-order valence-corrected chi connectivity index (χ3v) is 5.15. The van der Waals surface area contributed by atoms with Crippen molar-refractivity contribution in [1.82, 2.24) is 5.32 Å². The molecule has 8 heteroatoms. The predicted molar refractivity (Wildman–Crippen MR) is 110 cm³/mol. The van der Waals surface area contributed by atoms with Crippen molar-refractivity contribution in [2.75, 3.05) is 0 Å². The Morgan fingerprint density at radius 1 is 1.12 bits per heavy atom. The molecule has 0 saturated carbocycles. The lowest BCUT2D eigenvalue weighted by Crippen LogP contribution is -2.24. The van der Waals surface area contributed by atoms with Crippen molar-refractivity contribution in [3.8, 4) is 5.75 Å². The van der Waals surface area contributed by atoms with Crippen molar-refractivity contribution in [3.63, 3.8) is 0 Å². The Labute approximate surface area is 175 Å². The minimum atomic E-state index is -1.22. The van der Waals surface area contributed by atoms with Gasteiger partial charge in [-0.15, -0.1) is 0 Å². The minimum Gasteiger partial charge on any atom is -0.486 e. The third kappa shape index (κ3) is 5.69. The maximum absolute atomic E-state index is 11.2. The topological polar surface area (TPSA) is 75.6 Å². The number of hydrogen-bond donors (Lipinski definition) is 2. The molecule has 0 saturated heterocycles. The van der Waals surface area contributed by atoms with E-state index >= 15 is 0 Å². The van der Waals surface area contributed by atoms with Crippen LogP contribution in [0.2, 0.25) is 0 Å². The van der Waals surface area contributed by atoms with Crippen LogP contribution in [0.1, 0.15) is 18.1 Å². The fourth-order valence-electron chi connectivity index (χ4n) is 2.07. The number of benzene rings is 2. The van der Waals surface area contributed by atoms with Gasteiger partial charge in [0.2, 0.25) is 5.91 Å². The molecule has 1 amide bonds. The fourth-order valence-corrected chi connectivity index (χ4v) is 3.92. The van der Waals surface area contributed by atoms with E-state index in [1.807, 2.05) is 24.3 Å². The van der Waals surface area contributed by atoms with Crippen molar-refractivity contribution in [2.45, 2.75) is 13.5 Å². The number of ether oxygens (including phenoxy) is 1. The molecular formula is C18H14Br3NO4. The normalized spacial score (nSPS) is 11.2. The monoisotopic (exact) mass is 545 g/mol. The molecule has 136 valence electrons. The second-order valence-corrected chi connectivity index (χ2v) is 7.80. The summed E-state index contributed by atoms with van der Waals surface area (Å²) in [6.45, 7) is 1.61. The van der Waals surface area contributed by atoms with Gasteiger partial charge in [-0.2, -0.15) is 0 Å². The van der Waals surface area contributed by atoms with Crippen molar-refractivity contribution in [2.24, 2.45) is 0 Å². The van der Waals surface area contributed by atoms with E-state index in [2.05, 4.69) is 53.1 Å². The van der Waals surface area contributed by atoms with Gasteiger partial charge < -0.3 is 15.2 Å². The van der Waals surface area contributed by atoms with E-state index in [1.54, 1.807) is 12.1 Å². The molecule has 0 bridgehead atoms. The summed E-state index contributed by atoms with van der Waals surface area (Å²) in [6, 6.07) is 11.2. The van der Waals surface area contributed by atoms with E-state index in [0.29, 0.717) is 26.9 Å². The number of hydrogen-bond acceptors (Lipinski definition) is 3. The Bertz CT molecular complexity index is 857. The van der Waals surface area contributed by atoms with E-state index in [4.69, 9.17) is 4.74 Å². The highest BCUT2D eigenvalue weighted by molar-refractivity contribution is 9.11. The summed E-state index contributed by atoms with van der Waals surface area (Å²) in [4.78, 5) is 22.4. The average Bonchev–Trinajstić information content (AvgIpc) is 2.54. The van der Waals surface area contributed by atoms with E-state index in [0.717, 1.165) is 10.0 Å². The number of carbonyl (C=O) groups excluding carboxylic acids is 1. The highest BCUT2D eigenvalue weighted by atomic mass is 79.9.